The Morgan fingerprint density at radius 3 is 2.56 bits per heavy atom. The number of hydrogen-bond acceptors (Lipinski definition) is 6. The molecule has 0 aliphatic carbocycles. The normalized spacial score (nSPS) is 11.8. The fourth-order valence-corrected chi connectivity index (χ4v) is 2.22. The summed E-state index contributed by atoms with van der Waals surface area (Å²) >= 11 is 0. The molecule has 3 rings (SSSR count). The monoisotopic (exact) mass is 336 g/mol. The van der Waals surface area contributed by atoms with Gasteiger partial charge in [0.2, 0.25) is 0 Å². The summed E-state index contributed by atoms with van der Waals surface area (Å²) in [6, 6.07) is 9.29. The minimum atomic E-state index is -0.413. The molecule has 2 aromatic heterocycles. The first-order chi connectivity index (χ1) is 11.9. The highest BCUT2D eigenvalue weighted by Gasteiger charge is 2.26. The molecule has 2 heterocycles. The molecule has 126 valence electrons. The van der Waals surface area contributed by atoms with Gasteiger partial charge < -0.3 is 9.63 Å². The van der Waals surface area contributed by atoms with Gasteiger partial charge in [0.25, 0.3) is 5.69 Å². The van der Waals surface area contributed by atoms with Gasteiger partial charge in [-0.1, -0.05) is 44.1 Å². The SMILES string of the molecule is [C-]#[N+]c1cnn(-c2ccccc2)c1N=Nc1c(C(C)(C)C)noc1O. The summed E-state index contributed by atoms with van der Waals surface area (Å²) in [5.41, 5.74) is 1.23. The summed E-state index contributed by atoms with van der Waals surface area (Å²) in [5, 5.41) is 26.1. The molecule has 0 atom stereocenters. The number of aromatic nitrogens is 3. The van der Waals surface area contributed by atoms with Gasteiger partial charge in [0.05, 0.1) is 18.5 Å². The fraction of sp³-hybridized carbons (Fsp3) is 0.235. The van der Waals surface area contributed by atoms with Crippen LogP contribution in [0.1, 0.15) is 26.5 Å². The smallest absolute Gasteiger partial charge is 0.337 e. The second-order valence-corrected chi connectivity index (χ2v) is 6.35. The number of rotatable bonds is 3. The number of azo groups is 1. The zero-order chi connectivity index (χ0) is 18.0. The molecule has 0 saturated carbocycles. The summed E-state index contributed by atoms with van der Waals surface area (Å²) in [6.45, 7) is 13.0. The van der Waals surface area contributed by atoms with Crippen molar-refractivity contribution >= 4 is 17.2 Å². The number of para-hydroxylation sites is 1. The van der Waals surface area contributed by atoms with Crippen molar-refractivity contribution in [3.05, 3.63) is 53.6 Å². The summed E-state index contributed by atoms with van der Waals surface area (Å²) in [5.74, 6) is -0.148. The largest absolute Gasteiger partial charge is 0.478 e. The van der Waals surface area contributed by atoms with Crippen molar-refractivity contribution in [1.82, 2.24) is 14.9 Å². The first kappa shape index (κ1) is 16.4. The maximum absolute atomic E-state index is 9.87. The lowest BCUT2D eigenvalue weighted by Crippen LogP contribution is -2.11. The third-order valence-electron chi connectivity index (χ3n) is 3.45. The van der Waals surface area contributed by atoms with E-state index in [1.807, 2.05) is 51.1 Å². The van der Waals surface area contributed by atoms with Crippen molar-refractivity contribution in [2.75, 3.05) is 0 Å². The molecule has 25 heavy (non-hydrogen) atoms. The Morgan fingerprint density at radius 2 is 1.92 bits per heavy atom. The Bertz CT molecular complexity index is 957. The highest BCUT2D eigenvalue weighted by molar-refractivity contribution is 5.64. The predicted molar refractivity (Wildman–Crippen MR) is 90.9 cm³/mol. The molecule has 0 fully saturated rings. The molecule has 0 unspecified atom stereocenters. The Labute approximate surface area is 144 Å². The van der Waals surface area contributed by atoms with Gasteiger partial charge in [-0.15, -0.1) is 10.2 Å². The van der Waals surface area contributed by atoms with E-state index in [1.165, 1.54) is 10.9 Å². The fourth-order valence-electron chi connectivity index (χ4n) is 2.22. The molecule has 0 spiro atoms. The molecule has 0 aliphatic heterocycles. The third-order valence-corrected chi connectivity index (χ3v) is 3.45. The zero-order valence-electron chi connectivity index (χ0n) is 14.0. The number of aromatic hydroxyl groups is 1. The van der Waals surface area contributed by atoms with E-state index in [1.54, 1.807) is 0 Å². The summed E-state index contributed by atoms with van der Waals surface area (Å²) < 4.78 is 6.34. The van der Waals surface area contributed by atoms with Crippen LogP contribution < -0.4 is 0 Å². The van der Waals surface area contributed by atoms with Crippen LogP contribution in [-0.2, 0) is 5.41 Å². The van der Waals surface area contributed by atoms with Gasteiger partial charge in [0.1, 0.15) is 5.69 Å². The van der Waals surface area contributed by atoms with Crippen molar-refractivity contribution in [3.8, 4) is 11.6 Å². The maximum atomic E-state index is 9.87. The number of hydrogen-bond donors (Lipinski definition) is 1. The van der Waals surface area contributed by atoms with E-state index in [4.69, 9.17) is 11.1 Å². The van der Waals surface area contributed by atoms with E-state index >= 15 is 0 Å². The van der Waals surface area contributed by atoms with Crippen LogP contribution in [0.4, 0.5) is 17.2 Å². The van der Waals surface area contributed by atoms with Crippen LogP contribution >= 0.6 is 0 Å². The van der Waals surface area contributed by atoms with Crippen LogP contribution in [0.5, 0.6) is 5.95 Å². The first-order valence-corrected chi connectivity index (χ1v) is 7.53. The standard InChI is InChI=1S/C17H16N6O2/c1-17(2,3)14-13(16(24)25-22-14)20-21-15-12(18-4)10-19-23(15)11-8-6-5-7-9-11/h5-10,24H,1-3H3. The van der Waals surface area contributed by atoms with Crippen molar-refractivity contribution < 1.29 is 9.63 Å². The van der Waals surface area contributed by atoms with Crippen LogP contribution in [0.15, 0.2) is 51.3 Å². The molecule has 1 N–H and O–H groups in total. The number of nitrogens with zero attached hydrogens (tertiary/aromatic N) is 6. The molecule has 1 aromatic carbocycles. The zero-order valence-corrected chi connectivity index (χ0v) is 14.0. The minimum Gasteiger partial charge on any atom is -0.478 e. The average molecular weight is 336 g/mol. The minimum absolute atomic E-state index is 0.143. The van der Waals surface area contributed by atoms with Crippen LogP contribution in [0.2, 0.25) is 0 Å². The Hall–Kier alpha value is -3.47. The molecule has 0 aliphatic rings. The summed E-state index contributed by atoms with van der Waals surface area (Å²) in [6.07, 6.45) is 1.42. The number of benzene rings is 1. The van der Waals surface area contributed by atoms with Gasteiger partial charge in [-0.2, -0.15) is 5.10 Å². The Morgan fingerprint density at radius 1 is 1.20 bits per heavy atom. The van der Waals surface area contributed by atoms with Crippen LogP contribution in [0, 0.1) is 6.57 Å². The van der Waals surface area contributed by atoms with Gasteiger partial charge in [-0.3, -0.25) is 0 Å². The average Bonchev–Trinajstić information content (AvgIpc) is 3.16. The van der Waals surface area contributed by atoms with Gasteiger partial charge in [0.15, 0.2) is 11.5 Å². The van der Waals surface area contributed by atoms with Crippen LogP contribution in [-0.4, -0.2) is 20.0 Å². The Balaban J connectivity index is 2.08. The van der Waals surface area contributed by atoms with E-state index in [0.29, 0.717) is 5.69 Å². The van der Waals surface area contributed by atoms with E-state index < -0.39 is 5.95 Å². The van der Waals surface area contributed by atoms with E-state index in [-0.39, 0.29) is 22.6 Å². The van der Waals surface area contributed by atoms with Crippen molar-refractivity contribution in [1.29, 1.82) is 0 Å². The van der Waals surface area contributed by atoms with Crippen molar-refractivity contribution in [3.63, 3.8) is 0 Å². The molecule has 0 saturated heterocycles. The van der Waals surface area contributed by atoms with Gasteiger partial charge in [0, 0.05) is 5.41 Å². The third kappa shape index (κ3) is 3.12. The predicted octanol–water partition coefficient (Wildman–Crippen LogP) is 4.83. The van der Waals surface area contributed by atoms with Crippen LogP contribution in [0.3, 0.4) is 0 Å². The van der Waals surface area contributed by atoms with E-state index in [0.717, 1.165) is 5.69 Å². The van der Waals surface area contributed by atoms with Crippen molar-refractivity contribution in [2.24, 2.45) is 10.2 Å². The first-order valence-electron chi connectivity index (χ1n) is 7.53. The van der Waals surface area contributed by atoms with Crippen molar-refractivity contribution in [2.45, 2.75) is 26.2 Å². The maximum Gasteiger partial charge on any atom is 0.337 e. The van der Waals surface area contributed by atoms with Gasteiger partial charge >= 0.3 is 5.95 Å². The molecular weight excluding hydrogens is 320 g/mol. The lowest BCUT2D eigenvalue weighted by atomic mass is 9.91. The van der Waals surface area contributed by atoms with E-state index in [9.17, 15) is 5.11 Å². The molecular formula is C17H16N6O2. The van der Waals surface area contributed by atoms with Gasteiger partial charge in [-0.25, -0.2) is 9.53 Å². The molecule has 0 bridgehead atoms. The molecule has 3 aromatic rings. The van der Waals surface area contributed by atoms with Gasteiger partial charge in [-0.05, 0) is 12.1 Å². The Kier molecular flexibility index (Phi) is 4.07. The van der Waals surface area contributed by atoms with Crippen LogP contribution in [0.25, 0.3) is 10.5 Å². The molecule has 8 heteroatoms. The lowest BCUT2D eigenvalue weighted by Gasteiger charge is -2.13. The molecule has 0 amide bonds. The molecule has 8 nitrogen and oxygen atoms in total. The summed E-state index contributed by atoms with van der Waals surface area (Å²) in [4.78, 5) is 3.42. The highest BCUT2D eigenvalue weighted by atomic mass is 16.5. The second kappa shape index (κ2) is 6.20. The molecule has 0 radical (unpaired) electrons. The topological polar surface area (TPSA) is 93.2 Å². The quantitative estimate of drug-likeness (QED) is 0.547. The van der Waals surface area contributed by atoms with E-state index in [2.05, 4.69) is 25.3 Å². The summed E-state index contributed by atoms with van der Waals surface area (Å²) in [7, 11) is 0. The highest BCUT2D eigenvalue weighted by Crippen LogP contribution is 2.39. The lowest BCUT2D eigenvalue weighted by molar-refractivity contribution is 0.273. The second-order valence-electron chi connectivity index (χ2n) is 6.35.